The summed E-state index contributed by atoms with van der Waals surface area (Å²) in [6, 6.07) is 3.20. The first-order valence-electron chi connectivity index (χ1n) is 7.59. The van der Waals surface area contributed by atoms with Crippen LogP contribution in [0.25, 0.3) is 0 Å². The number of anilines is 1. The molecule has 1 aromatic heterocycles. The summed E-state index contributed by atoms with van der Waals surface area (Å²) in [4.78, 5) is 27.5. The van der Waals surface area contributed by atoms with Gasteiger partial charge in [-0.3, -0.25) is 4.79 Å². The van der Waals surface area contributed by atoms with Crippen molar-refractivity contribution in [1.82, 2.24) is 4.90 Å². The number of carbonyl (C=O) groups is 2. The molecule has 0 unspecified atom stereocenters. The lowest BCUT2D eigenvalue weighted by Crippen LogP contribution is -2.26. The predicted octanol–water partition coefficient (Wildman–Crippen LogP) is 3.05. The normalized spacial score (nSPS) is 14.1. The third-order valence-electron chi connectivity index (χ3n) is 4.05. The van der Waals surface area contributed by atoms with E-state index in [0.29, 0.717) is 13.0 Å². The van der Waals surface area contributed by atoms with Gasteiger partial charge in [-0.05, 0) is 31.2 Å². The number of benzene rings is 1. The number of fused-ring (bicyclic) bond motifs is 1. The van der Waals surface area contributed by atoms with Crippen LogP contribution in [-0.2, 0) is 17.7 Å². The maximum Gasteiger partial charge on any atom is 0.341 e. The molecule has 0 saturated heterocycles. The summed E-state index contributed by atoms with van der Waals surface area (Å²) >= 11 is 1.22. The van der Waals surface area contributed by atoms with E-state index in [2.05, 4.69) is 10.2 Å². The highest BCUT2D eigenvalue weighted by Gasteiger charge is 2.29. The molecule has 0 fully saturated rings. The molecule has 0 radical (unpaired) electrons. The molecule has 1 aliphatic heterocycles. The van der Waals surface area contributed by atoms with Crippen LogP contribution < -0.4 is 5.32 Å². The molecule has 1 aromatic carbocycles. The Labute approximate surface area is 147 Å². The molecular weight excluding hydrogens is 350 g/mol. The average molecular weight is 366 g/mol. The molecule has 3 rings (SSSR count). The number of hydrogen-bond donors (Lipinski definition) is 1. The number of nitrogens with zero attached hydrogens (tertiary/aromatic N) is 1. The van der Waals surface area contributed by atoms with E-state index in [1.165, 1.54) is 24.5 Å². The van der Waals surface area contributed by atoms with Crippen LogP contribution in [0.1, 0.15) is 31.2 Å². The van der Waals surface area contributed by atoms with Gasteiger partial charge in [-0.25, -0.2) is 13.6 Å². The zero-order chi connectivity index (χ0) is 18.1. The second-order valence-electron chi connectivity index (χ2n) is 5.74. The Morgan fingerprint density at radius 1 is 1.24 bits per heavy atom. The van der Waals surface area contributed by atoms with Gasteiger partial charge in [0.05, 0.1) is 12.7 Å². The monoisotopic (exact) mass is 366 g/mol. The van der Waals surface area contributed by atoms with E-state index in [1.54, 1.807) is 0 Å². The van der Waals surface area contributed by atoms with Crippen LogP contribution in [0.4, 0.5) is 13.8 Å². The van der Waals surface area contributed by atoms with Crippen LogP contribution in [0.15, 0.2) is 18.2 Å². The Hall–Kier alpha value is -2.32. The molecule has 2 aromatic rings. The number of amides is 1. The minimum atomic E-state index is -0.960. The first-order chi connectivity index (χ1) is 11.9. The quantitative estimate of drug-likeness (QED) is 0.849. The summed E-state index contributed by atoms with van der Waals surface area (Å²) in [7, 11) is 3.21. The minimum absolute atomic E-state index is 0.250. The molecule has 2 heterocycles. The fraction of sp³-hybridized carbons (Fsp3) is 0.294. The van der Waals surface area contributed by atoms with Crippen molar-refractivity contribution < 1.29 is 23.1 Å². The lowest BCUT2D eigenvalue weighted by molar-refractivity contribution is 0.0600. The molecular formula is C17H16F2N2O3S. The van der Waals surface area contributed by atoms with E-state index >= 15 is 0 Å². The third kappa shape index (κ3) is 3.27. The predicted molar refractivity (Wildman–Crippen MR) is 90.0 cm³/mol. The van der Waals surface area contributed by atoms with Gasteiger partial charge >= 0.3 is 5.97 Å². The van der Waals surface area contributed by atoms with Crippen molar-refractivity contribution in [3.63, 3.8) is 0 Å². The van der Waals surface area contributed by atoms with Crippen LogP contribution in [-0.4, -0.2) is 37.5 Å². The Kier molecular flexibility index (Phi) is 4.82. The van der Waals surface area contributed by atoms with E-state index < -0.39 is 29.1 Å². The van der Waals surface area contributed by atoms with Crippen molar-refractivity contribution in [2.24, 2.45) is 0 Å². The molecule has 5 nitrogen and oxygen atoms in total. The first kappa shape index (κ1) is 17.5. The van der Waals surface area contributed by atoms with Crippen LogP contribution in [0.5, 0.6) is 0 Å². The Bertz CT molecular complexity index is 830. The zero-order valence-corrected chi connectivity index (χ0v) is 14.5. The molecule has 0 aliphatic carbocycles. The van der Waals surface area contributed by atoms with Gasteiger partial charge in [0.15, 0.2) is 0 Å². The molecule has 1 aliphatic rings. The molecule has 0 bridgehead atoms. The van der Waals surface area contributed by atoms with Crippen molar-refractivity contribution in [1.29, 1.82) is 0 Å². The van der Waals surface area contributed by atoms with Gasteiger partial charge in [-0.2, -0.15) is 0 Å². The average Bonchev–Trinajstić information content (AvgIpc) is 2.90. The summed E-state index contributed by atoms with van der Waals surface area (Å²) in [6.07, 6.45) is 0.636. The van der Waals surface area contributed by atoms with Crippen LogP contribution in [0, 0.1) is 11.6 Å². The van der Waals surface area contributed by atoms with Gasteiger partial charge < -0.3 is 15.0 Å². The Morgan fingerprint density at radius 2 is 1.92 bits per heavy atom. The van der Waals surface area contributed by atoms with Gasteiger partial charge in [0.25, 0.3) is 5.91 Å². The molecule has 25 heavy (non-hydrogen) atoms. The molecule has 1 amide bonds. The fourth-order valence-corrected chi connectivity index (χ4v) is 4.13. The minimum Gasteiger partial charge on any atom is -0.465 e. The Balaban J connectivity index is 2.00. The number of thiophene rings is 1. The van der Waals surface area contributed by atoms with Crippen molar-refractivity contribution >= 4 is 28.2 Å². The smallest absolute Gasteiger partial charge is 0.341 e. The number of rotatable bonds is 3. The first-order valence-corrected chi connectivity index (χ1v) is 8.40. The number of methoxy groups -OCH3 is 1. The maximum absolute atomic E-state index is 13.8. The standard InChI is InChI=1S/C17H16F2N2O3S/c1-21-7-6-9-12(8-21)25-16(13(9)17(23)24-2)20-15(22)14-10(18)4-3-5-11(14)19/h3-5H,6-8H2,1-2H3,(H,20,22). The summed E-state index contributed by atoms with van der Waals surface area (Å²) in [5.41, 5.74) is 0.404. The second-order valence-corrected chi connectivity index (χ2v) is 6.84. The number of ether oxygens (including phenoxy) is 1. The van der Waals surface area contributed by atoms with Crippen molar-refractivity contribution in [3.05, 3.63) is 51.4 Å². The highest BCUT2D eigenvalue weighted by molar-refractivity contribution is 7.17. The number of halogens is 2. The Morgan fingerprint density at radius 3 is 2.56 bits per heavy atom. The van der Waals surface area contributed by atoms with Crippen molar-refractivity contribution in [2.75, 3.05) is 26.0 Å². The van der Waals surface area contributed by atoms with Crippen LogP contribution >= 0.6 is 11.3 Å². The highest BCUT2D eigenvalue weighted by Crippen LogP contribution is 2.37. The van der Waals surface area contributed by atoms with E-state index in [1.807, 2.05) is 7.05 Å². The lowest BCUT2D eigenvalue weighted by Gasteiger charge is -2.22. The van der Waals surface area contributed by atoms with Crippen molar-refractivity contribution in [3.8, 4) is 0 Å². The summed E-state index contributed by atoms with van der Waals surface area (Å²) in [6.45, 7) is 1.40. The molecule has 0 spiro atoms. The zero-order valence-electron chi connectivity index (χ0n) is 13.7. The second kappa shape index (κ2) is 6.89. The van der Waals surface area contributed by atoms with Crippen LogP contribution in [0.2, 0.25) is 0 Å². The summed E-state index contributed by atoms with van der Waals surface area (Å²) < 4.78 is 32.4. The highest BCUT2D eigenvalue weighted by atomic mass is 32.1. The van der Waals surface area contributed by atoms with E-state index in [0.717, 1.165) is 29.1 Å². The fourth-order valence-electron chi connectivity index (χ4n) is 2.82. The maximum atomic E-state index is 13.8. The molecule has 1 N–H and O–H groups in total. The topological polar surface area (TPSA) is 58.6 Å². The van der Waals surface area contributed by atoms with Gasteiger partial charge in [-0.15, -0.1) is 11.3 Å². The number of hydrogen-bond acceptors (Lipinski definition) is 5. The number of esters is 1. The summed E-state index contributed by atoms with van der Waals surface area (Å²) in [5.74, 6) is -3.43. The molecule has 0 saturated carbocycles. The number of nitrogens with one attached hydrogen (secondary N) is 1. The largest absolute Gasteiger partial charge is 0.465 e. The van der Waals surface area contributed by atoms with E-state index in [4.69, 9.17) is 4.74 Å². The van der Waals surface area contributed by atoms with E-state index in [9.17, 15) is 18.4 Å². The van der Waals surface area contributed by atoms with Gasteiger partial charge in [0.1, 0.15) is 22.2 Å². The number of carbonyl (C=O) groups excluding carboxylic acids is 2. The third-order valence-corrected chi connectivity index (χ3v) is 5.19. The molecule has 132 valence electrons. The van der Waals surface area contributed by atoms with E-state index in [-0.39, 0.29) is 10.6 Å². The number of likely N-dealkylation sites (N-methyl/N-ethyl adjacent to an activating group) is 1. The van der Waals surface area contributed by atoms with Gasteiger partial charge in [-0.1, -0.05) is 6.07 Å². The van der Waals surface area contributed by atoms with Gasteiger partial charge in [0, 0.05) is 18.0 Å². The van der Waals surface area contributed by atoms with Crippen LogP contribution in [0.3, 0.4) is 0 Å². The SMILES string of the molecule is COC(=O)c1c(NC(=O)c2c(F)cccc2F)sc2c1CCN(C)C2. The molecule has 0 atom stereocenters. The summed E-state index contributed by atoms with van der Waals surface area (Å²) in [5, 5.41) is 2.73. The molecule has 8 heteroatoms. The van der Waals surface area contributed by atoms with Gasteiger partial charge in [0.2, 0.25) is 0 Å². The van der Waals surface area contributed by atoms with Crippen molar-refractivity contribution in [2.45, 2.75) is 13.0 Å². The lowest BCUT2D eigenvalue weighted by atomic mass is 10.0.